The number of carbonyl (C=O) groups is 2. The van der Waals surface area contributed by atoms with Crippen LogP contribution in [-0.2, 0) is 14.3 Å². The van der Waals surface area contributed by atoms with Crippen molar-refractivity contribution in [3.05, 3.63) is 29.3 Å². The van der Waals surface area contributed by atoms with Gasteiger partial charge in [-0.05, 0) is 37.1 Å². The van der Waals surface area contributed by atoms with Crippen LogP contribution in [0, 0.1) is 0 Å². The highest BCUT2D eigenvalue weighted by atomic mass is 35.5. The van der Waals surface area contributed by atoms with E-state index in [1.54, 1.807) is 24.3 Å². The molecule has 2 N–H and O–H groups in total. The van der Waals surface area contributed by atoms with Crippen LogP contribution in [0.5, 0.6) is 0 Å². The molecule has 6 heteroatoms. The van der Waals surface area contributed by atoms with Crippen LogP contribution in [0.2, 0.25) is 5.02 Å². The molecule has 5 nitrogen and oxygen atoms in total. The lowest BCUT2D eigenvalue weighted by Crippen LogP contribution is -2.39. The van der Waals surface area contributed by atoms with Crippen LogP contribution >= 0.6 is 11.6 Å². The fourth-order valence-electron chi connectivity index (χ4n) is 1.81. The quantitative estimate of drug-likeness (QED) is 0.827. The van der Waals surface area contributed by atoms with Crippen molar-refractivity contribution in [2.75, 3.05) is 18.5 Å². The summed E-state index contributed by atoms with van der Waals surface area (Å²) in [6.07, 6.45) is 1.93. The third-order valence-electron chi connectivity index (χ3n) is 2.82. The molecule has 1 aliphatic rings. The van der Waals surface area contributed by atoms with Crippen LogP contribution in [0.4, 0.5) is 5.69 Å². The van der Waals surface area contributed by atoms with Crippen molar-refractivity contribution in [3.8, 4) is 0 Å². The molecule has 0 aromatic heterocycles. The molecule has 1 atom stereocenters. The number of nitrogens with one attached hydrogen (secondary N) is 2. The van der Waals surface area contributed by atoms with E-state index in [9.17, 15) is 9.59 Å². The van der Waals surface area contributed by atoms with Gasteiger partial charge in [0.1, 0.15) is 0 Å². The Morgan fingerprint density at radius 2 is 2.00 bits per heavy atom. The van der Waals surface area contributed by atoms with E-state index in [0.29, 0.717) is 17.3 Å². The van der Waals surface area contributed by atoms with Gasteiger partial charge in [-0.25, -0.2) is 0 Å². The number of ether oxygens (including phenoxy) is 1. The third-order valence-corrected chi connectivity index (χ3v) is 3.07. The first-order chi connectivity index (χ1) is 9.15. The summed E-state index contributed by atoms with van der Waals surface area (Å²) in [6, 6.07) is 6.55. The Kier molecular flexibility index (Phi) is 4.76. The second-order valence-corrected chi connectivity index (χ2v) is 4.74. The Balaban J connectivity index is 1.78. The lowest BCUT2D eigenvalue weighted by molar-refractivity contribution is -0.136. The maximum Gasteiger partial charge on any atom is 0.313 e. The normalized spacial score (nSPS) is 18.1. The molecule has 1 aromatic rings. The SMILES string of the molecule is O=C(NC[C@H]1CCCO1)C(=O)Nc1ccc(Cl)cc1. The van der Waals surface area contributed by atoms with E-state index in [1.165, 1.54) is 0 Å². The van der Waals surface area contributed by atoms with Crippen molar-refractivity contribution in [1.29, 1.82) is 0 Å². The molecule has 1 heterocycles. The van der Waals surface area contributed by atoms with Gasteiger partial charge in [0.05, 0.1) is 6.10 Å². The highest BCUT2D eigenvalue weighted by Crippen LogP contribution is 2.13. The number of hydrogen-bond donors (Lipinski definition) is 2. The summed E-state index contributed by atoms with van der Waals surface area (Å²) in [5.41, 5.74) is 0.529. The van der Waals surface area contributed by atoms with Crippen molar-refractivity contribution < 1.29 is 14.3 Å². The van der Waals surface area contributed by atoms with Crippen LogP contribution < -0.4 is 10.6 Å². The van der Waals surface area contributed by atoms with Crippen molar-refractivity contribution in [1.82, 2.24) is 5.32 Å². The first kappa shape index (κ1) is 13.8. The molecule has 0 bridgehead atoms. The molecule has 2 rings (SSSR count). The van der Waals surface area contributed by atoms with Gasteiger partial charge in [0.25, 0.3) is 0 Å². The summed E-state index contributed by atoms with van der Waals surface area (Å²) < 4.78 is 5.35. The number of benzene rings is 1. The first-order valence-electron chi connectivity index (χ1n) is 6.11. The number of carbonyl (C=O) groups excluding carboxylic acids is 2. The van der Waals surface area contributed by atoms with Gasteiger partial charge in [-0.1, -0.05) is 11.6 Å². The van der Waals surface area contributed by atoms with Gasteiger partial charge in [-0.15, -0.1) is 0 Å². The molecule has 0 saturated carbocycles. The van der Waals surface area contributed by atoms with Gasteiger partial charge >= 0.3 is 11.8 Å². The van der Waals surface area contributed by atoms with Crippen LogP contribution in [-0.4, -0.2) is 31.1 Å². The summed E-state index contributed by atoms with van der Waals surface area (Å²) in [7, 11) is 0. The van der Waals surface area contributed by atoms with Gasteiger partial charge in [0.2, 0.25) is 0 Å². The molecular formula is C13H15ClN2O3. The minimum Gasteiger partial charge on any atom is -0.376 e. The molecule has 0 aliphatic carbocycles. The molecule has 0 unspecified atom stereocenters. The van der Waals surface area contributed by atoms with Crippen LogP contribution in [0.1, 0.15) is 12.8 Å². The number of anilines is 1. The lowest BCUT2D eigenvalue weighted by Gasteiger charge is -2.10. The fraction of sp³-hybridized carbons (Fsp3) is 0.385. The van der Waals surface area contributed by atoms with Gasteiger partial charge < -0.3 is 15.4 Å². The Bertz CT molecular complexity index is 455. The van der Waals surface area contributed by atoms with E-state index < -0.39 is 11.8 Å². The second-order valence-electron chi connectivity index (χ2n) is 4.31. The van der Waals surface area contributed by atoms with Gasteiger partial charge in [0, 0.05) is 23.9 Å². The average molecular weight is 283 g/mol. The Morgan fingerprint density at radius 3 is 2.63 bits per heavy atom. The molecule has 1 fully saturated rings. The summed E-state index contributed by atoms with van der Waals surface area (Å²) in [5.74, 6) is -1.36. The average Bonchev–Trinajstić information content (AvgIpc) is 2.91. The highest BCUT2D eigenvalue weighted by Gasteiger charge is 2.19. The maximum absolute atomic E-state index is 11.6. The molecule has 0 radical (unpaired) electrons. The van der Waals surface area contributed by atoms with Gasteiger partial charge in [-0.3, -0.25) is 9.59 Å². The number of hydrogen-bond acceptors (Lipinski definition) is 3. The summed E-state index contributed by atoms with van der Waals surface area (Å²) >= 11 is 5.73. The standard InChI is InChI=1S/C13H15ClN2O3/c14-9-3-5-10(6-4-9)16-13(18)12(17)15-8-11-2-1-7-19-11/h3-6,11H,1-2,7-8H2,(H,15,17)(H,16,18)/t11-/m1/s1. The molecular weight excluding hydrogens is 268 g/mol. The number of amides is 2. The van der Waals surface area contributed by atoms with Gasteiger partial charge in [-0.2, -0.15) is 0 Å². The Labute approximate surface area is 116 Å². The topological polar surface area (TPSA) is 67.4 Å². The van der Waals surface area contributed by atoms with Crippen LogP contribution in [0.15, 0.2) is 24.3 Å². The third kappa shape index (κ3) is 4.22. The Morgan fingerprint density at radius 1 is 1.26 bits per heavy atom. The smallest absolute Gasteiger partial charge is 0.313 e. The summed E-state index contributed by atoms with van der Waals surface area (Å²) in [5, 5.41) is 5.62. The summed E-state index contributed by atoms with van der Waals surface area (Å²) in [6.45, 7) is 1.09. The molecule has 2 amide bonds. The number of halogens is 1. The molecule has 1 aromatic carbocycles. The van der Waals surface area contributed by atoms with Crippen LogP contribution in [0.3, 0.4) is 0 Å². The summed E-state index contributed by atoms with van der Waals surface area (Å²) in [4.78, 5) is 23.2. The number of rotatable bonds is 3. The minimum absolute atomic E-state index is 0.0206. The highest BCUT2D eigenvalue weighted by molar-refractivity contribution is 6.39. The molecule has 19 heavy (non-hydrogen) atoms. The Hall–Kier alpha value is -1.59. The minimum atomic E-state index is -0.694. The fourth-order valence-corrected chi connectivity index (χ4v) is 1.94. The molecule has 0 spiro atoms. The zero-order valence-electron chi connectivity index (χ0n) is 10.3. The van der Waals surface area contributed by atoms with E-state index in [2.05, 4.69) is 10.6 Å². The van der Waals surface area contributed by atoms with Crippen molar-refractivity contribution >= 4 is 29.1 Å². The van der Waals surface area contributed by atoms with E-state index in [0.717, 1.165) is 19.4 Å². The molecule has 1 saturated heterocycles. The largest absolute Gasteiger partial charge is 0.376 e. The van der Waals surface area contributed by atoms with Gasteiger partial charge in [0.15, 0.2) is 0 Å². The molecule has 1 aliphatic heterocycles. The van der Waals surface area contributed by atoms with Crippen LogP contribution in [0.25, 0.3) is 0 Å². The predicted molar refractivity (Wildman–Crippen MR) is 72.1 cm³/mol. The maximum atomic E-state index is 11.6. The van der Waals surface area contributed by atoms with Crippen molar-refractivity contribution in [2.24, 2.45) is 0 Å². The monoisotopic (exact) mass is 282 g/mol. The van der Waals surface area contributed by atoms with Crippen molar-refractivity contribution in [2.45, 2.75) is 18.9 Å². The van der Waals surface area contributed by atoms with E-state index in [-0.39, 0.29) is 6.10 Å². The second kappa shape index (κ2) is 6.54. The zero-order chi connectivity index (χ0) is 13.7. The van der Waals surface area contributed by atoms with E-state index in [1.807, 2.05) is 0 Å². The lowest BCUT2D eigenvalue weighted by atomic mass is 10.2. The van der Waals surface area contributed by atoms with E-state index >= 15 is 0 Å². The predicted octanol–water partition coefficient (Wildman–Crippen LogP) is 1.57. The first-order valence-corrected chi connectivity index (χ1v) is 6.49. The zero-order valence-corrected chi connectivity index (χ0v) is 11.1. The van der Waals surface area contributed by atoms with E-state index in [4.69, 9.17) is 16.3 Å². The van der Waals surface area contributed by atoms with Crippen molar-refractivity contribution in [3.63, 3.8) is 0 Å². The molecule has 102 valence electrons.